The summed E-state index contributed by atoms with van der Waals surface area (Å²) in [7, 11) is 0. The van der Waals surface area contributed by atoms with Gasteiger partial charge in [-0.15, -0.1) is 0 Å². The lowest BCUT2D eigenvalue weighted by Crippen LogP contribution is -1.95. The molecule has 0 unspecified atom stereocenters. The van der Waals surface area contributed by atoms with Gasteiger partial charge in [-0.25, -0.2) is 0 Å². The highest BCUT2D eigenvalue weighted by molar-refractivity contribution is 7.71. The summed E-state index contributed by atoms with van der Waals surface area (Å²) in [6, 6.07) is 14.5. The summed E-state index contributed by atoms with van der Waals surface area (Å²) < 4.78 is 2.80. The van der Waals surface area contributed by atoms with E-state index in [1.165, 1.54) is 5.56 Å². The SMILES string of the molecule is Cc1ccc2c(c1)[nH]c(=S)n2-c1cccc2cnccc12. The first kappa shape index (κ1) is 12.3. The lowest BCUT2D eigenvalue weighted by molar-refractivity contribution is 1.08. The smallest absolute Gasteiger partial charge is 0.182 e. The van der Waals surface area contributed by atoms with E-state index in [-0.39, 0.29) is 0 Å². The number of H-pyrrole nitrogens is 1. The van der Waals surface area contributed by atoms with Crippen LogP contribution in [0.5, 0.6) is 0 Å². The highest BCUT2D eigenvalue weighted by Crippen LogP contribution is 2.26. The van der Waals surface area contributed by atoms with Crippen LogP contribution in [0, 0.1) is 11.7 Å². The fourth-order valence-electron chi connectivity index (χ4n) is 2.77. The summed E-state index contributed by atoms with van der Waals surface area (Å²) in [5.41, 5.74) is 4.45. The second-order valence-electron chi connectivity index (χ2n) is 5.16. The number of aryl methyl sites for hydroxylation is 1. The molecule has 4 rings (SSSR count). The number of nitrogens with one attached hydrogen (secondary N) is 1. The van der Waals surface area contributed by atoms with E-state index in [9.17, 15) is 0 Å². The highest BCUT2D eigenvalue weighted by atomic mass is 32.1. The summed E-state index contributed by atoms with van der Waals surface area (Å²) in [5, 5.41) is 2.25. The van der Waals surface area contributed by atoms with Crippen molar-refractivity contribution < 1.29 is 0 Å². The lowest BCUT2D eigenvalue weighted by Gasteiger charge is -2.08. The van der Waals surface area contributed by atoms with Crippen LogP contribution >= 0.6 is 12.2 Å². The standard InChI is InChI=1S/C17H13N3S/c1-11-5-6-16-14(9-11)19-17(21)20(16)15-4-2-3-12-10-18-8-7-13(12)15/h2-10H,1H3,(H,19,21). The van der Waals surface area contributed by atoms with E-state index in [2.05, 4.69) is 51.8 Å². The Kier molecular flexibility index (Phi) is 2.65. The van der Waals surface area contributed by atoms with Gasteiger partial charge in [0.1, 0.15) is 0 Å². The summed E-state index contributed by atoms with van der Waals surface area (Å²) in [6.45, 7) is 2.08. The molecule has 0 aliphatic rings. The average molecular weight is 291 g/mol. The molecule has 0 spiro atoms. The van der Waals surface area contributed by atoms with Crippen molar-refractivity contribution in [2.24, 2.45) is 0 Å². The maximum Gasteiger partial charge on any atom is 0.182 e. The molecule has 0 amide bonds. The van der Waals surface area contributed by atoms with Crippen LogP contribution in [-0.2, 0) is 0 Å². The van der Waals surface area contributed by atoms with Gasteiger partial charge in [0.15, 0.2) is 4.77 Å². The summed E-state index contributed by atoms with van der Waals surface area (Å²) in [4.78, 5) is 7.48. The number of fused-ring (bicyclic) bond motifs is 2. The van der Waals surface area contributed by atoms with Crippen molar-refractivity contribution in [3.05, 3.63) is 65.2 Å². The maximum atomic E-state index is 5.53. The second kappa shape index (κ2) is 4.53. The number of benzene rings is 2. The number of hydrogen-bond acceptors (Lipinski definition) is 2. The predicted molar refractivity (Wildman–Crippen MR) is 88.5 cm³/mol. The minimum Gasteiger partial charge on any atom is -0.330 e. The molecule has 0 atom stereocenters. The molecule has 1 N–H and O–H groups in total. The molecule has 3 nitrogen and oxygen atoms in total. The molecule has 4 aromatic rings. The van der Waals surface area contributed by atoms with Crippen LogP contribution in [0.1, 0.15) is 5.56 Å². The van der Waals surface area contributed by atoms with E-state index in [1.54, 1.807) is 0 Å². The number of rotatable bonds is 1. The monoisotopic (exact) mass is 291 g/mol. The van der Waals surface area contributed by atoms with Crippen LogP contribution in [0.4, 0.5) is 0 Å². The number of hydrogen-bond donors (Lipinski definition) is 1. The normalized spacial score (nSPS) is 11.3. The molecular formula is C17H13N3S. The van der Waals surface area contributed by atoms with E-state index >= 15 is 0 Å². The van der Waals surface area contributed by atoms with Gasteiger partial charge in [0, 0.05) is 23.2 Å². The van der Waals surface area contributed by atoms with Gasteiger partial charge in [-0.2, -0.15) is 0 Å². The van der Waals surface area contributed by atoms with E-state index in [0.29, 0.717) is 4.77 Å². The van der Waals surface area contributed by atoms with Crippen molar-refractivity contribution >= 4 is 34.0 Å². The Balaban J connectivity index is 2.14. The topological polar surface area (TPSA) is 33.6 Å². The zero-order valence-electron chi connectivity index (χ0n) is 11.5. The van der Waals surface area contributed by atoms with Crippen LogP contribution in [0.2, 0.25) is 0 Å². The number of aromatic amines is 1. The van der Waals surface area contributed by atoms with Crippen molar-refractivity contribution in [2.45, 2.75) is 6.92 Å². The van der Waals surface area contributed by atoms with Crippen molar-refractivity contribution in [3.63, 3.8) is 0 Å². The molecule has 2 heterocycles. The van der Waals surface area contributed by atoms with E-state index in [1.807, 2.05) is 24.5 Å². The third kappa shape index (κ3) is 1.87. The number of pyridine rings is 1. The minimum atomic E-state index is 0.708. The van der Waals surface area contributed by atoms with Crippen molar-refractivity contribution in [2.75, 3.05) is 0 Å². The minimum absolute atomic E-state index is 0.708. The van der Waals surface area contributed by atoms with Gasteiger partial charge in [-0.05, 0) is 49.0 Å². The van der Waals surface area contributed by atoms with Crippen LogP contribution in [-0.4, -0.2) is 14.5 Å². The van der Waals surface area contributed by atoms with Gasteiger partial charge in [-0.1, -0.05) is 18.2 Å². The summed E-state index contributed by atoms with van der Waals surface area (Å²) >= 11 is 5.53. The van der Waals surface area contributed by atoms with Crippen LogP contribution < -0.4 is 0 Å². The molecule has 0 bridgehead atoms. The quantitative estimate of drug-likeness (QED) is 0.522. The summed E-state index contributed by atoms with van der Waals surface area (Å²) in [5.74, 6) is 0. The molecule has 0 saturated carbocycles. The Morgan fingerprint density at radius 3 is 2.95 bits per heavy atom. The van der Waals surface area contributed by atoms with Gasteiger partial charge < -0.3 is 4.98 Å². The zero-order valence-corrected chi connectivity index (χ0v) is 12.3. The molecule has 0 saturated heterocycles. The molecule has 0 aliphatic heterocycles. The Morgan fingerprint density at radius 2 is 2.05 bits per heavy atom. The largest absolute Gasteiger partial charge is 0.330 e. The van der Waals surface area contributed by atoms with E-state index in [0.717, 1.165) is 27.5 Å². The van der Waals surface area contributed by atoms with Gasteiger partial charge in [0.25, 0.3) is 0 Å². The first-order chi connectivity index (χ1) is 10.2. The predicted octanol–water partition coefficient (Wildman–Crippen LogP) is 4.54. The van der Waals surface area contributed by atoms with E-state index < -0.39 is 0 Å². The molecule has 4 heteroatoms. The molecule has 102 valence electrons. The zero-order chi connectivity index (χ0) is 14.4. The first-order valence-electron chi connectivity index (χ1n) is 6.78. The Hall–Kier alpha value is -2.46. The van der Waals surface area contributed by atoms with Crippen molar-refractivity contribution in [1.82, 2.24) is 14.5 Å². The number of aromatic nitrogens is 3. The molecule has 2 aromatic heterocycles. The first-order valence-corrected chi connectivity index (χ1v) is 7.19. The summed E-state index contributed by atoms with van der Waals surface area (Å²) in [6.07, 6.45) is 3.69. The fraction of sp³-hybridized carbons (Fsp3) is 0.0588. The van der Waals surface area contributed by atoms with E-state index in [4.69, 9.17) is 12.2 Å². The van der Waals surface area contributed by atoms with Crippen LogP contribution in [0.3, 0.4) is 0 Å². The molecular weight excluding hydrogens is 278 g/mol. The molecule has 21 heavy (non-hydrogen) atoms. The Labute approximate surface area is 126 Å². The third-order valence-corrected chi connectivity index (χ3v) is 4.02. The molecule has 0 aliphatic carbocycles. The van der Waals surface area contributed by atoms with Gasteiger partial charge in [-0.3, -0.25) is 9.55 Å². The molecule has 2 aromatic carbocycles. The number of imidazole rings is 1. The van der Waals surface area contributed by atoms with Gasteiger partial charge in [0.2, 0.25) is 0 Å². The van der Waals surface area contributed by atoms with Crippen molar-refractivity contribution in [3.8, 4) is 5.69 Å². The lowest BCUT2D eigenvalue weighted by atomic mass is 10.1. The van der Waals surface area contributed by atoms with Crippen LogP contribution in [0.15, 0.2) is 54.9 Å². The Morgan fingerprint density at radius 1 is 1.14 bits per heavy atom. The van der Waals surface area contributed by atoms with Gasteiger partial charge >= 0.3 is 0 Å². The maximum absolute atomic E-state index is 5.53. The van der Waals surface area contributed by atoms with Gasteiger partial charge in [0.05, 0.1) is 16.7 Å². The van der Waals surface area contributed by atoms with Crippen molar-refractivity contribution in [1.29, 1.82) is 0 Å². The second-order valence-corrected chi connectivity index (χ2v) is 5.55. The average Bonchev–Trinajstić information content (AvgIpc) is 2.81. The molecule has 0 radical (unpaired) electrons. The third-order valence-electron chi connectivity index (χ3n) is 3.74. The highest BCUT2D eigenvalue weighted by Gasteiger charge is 2.09. The molecule has 0 fully saturated rings. The fourth-order valence-corrected chi connectivity index (χ4v) is 3.07. The Bertz CT molecular complexity index is 1020. The van der Waals surface area contributed by atoms with Crippen LogP contribution in [0.25, 0.3) is 27.5 Å². The number of nitrogens with zero attached hydrogens (tertiary/aromatic N) is 2.